The summed E-state index contributed by atoms with van der Waals surface area (Å²) in [6.45, 7) is 9.55. The Morgan fingerprint density at radius 1 is 0.600 bits per heavy atom. The van der Waals surface area contributed by atoms with Crippen LogP contribution in [0.25, 0.3) is 0 Å². The van der Waals surface area contributed by atoms with Gasteiger partial charge in [0.15, 0.2) is 0 Å². The first kappa shape index (κ1) is 38.6. The molecule has 0 aromatic carbocycles. The number of hydrogen-bond donors (Lipinski definition) is 0. The highest BCUT2D eigenvalue weighted by molar-refractivity contribution is 5.69. The van der Waals surface area contributed by atoms with Crippen LogP contribution >= 0.6 is 0 Å². The van der Waals surface area contributed by atoms with Crippen LogP contribution in [0, 0.1) is 0 Å². The Morgan fingerprint density at radius 2 is 1.12 bits per heavy atom. The summed E-state index contributed by atoms with van der Waals surface area (Å²) in [6, 6.07) is 0. The largest absolute Gasteiger partial charge is 0.466 e. The maximum absolute atomic E-state index is 12.3. The van der Waals surface area contributed by atoms with Crippen LogP contribution in [0.1, 0.15) is 168 Å². The quantitative estimate of drug-likeness (QED) is 0.0473. The first-order valence-electron chi connectivity index (χ1n) is 17.1. The highest BCUT2D eigenvalue weighted by Crippen LogP contribution is 2.15. The Hall–Kier alpha value is -1.43. The second-order valence-electron chi connectivity index (χ2n) is 11.5. The second-order valence-corrected chi connectivity index (χ2v) is 11.5. The van der Waals surface area contributed by atoms with E-state index in [0.717, 1.165) is 122 Å². The summed E-state index contributed by atoms with van der Waals surface area (Å²) >= 11 is 0. The lowest BCUT2D eigenvalue weighted by Crippen LogP contribution is -2.28. The fraction of sp³-hybridized carbons (Fsp3) is 0.912. The summed E-state index contributed by atoms with van der Waals surface area (Å²) in [5, 5.41) is 0. The Morgan fingerprint density at radius 3 is 1.70 bits per heavy atom. The van der Waals surface area contributed by atoms with Gasteiger partial charge in [0.2, 0.25) is 0 Å². The van der Waals surface area contributed by atoms with Crippen LogP contribution in [0.4, 0.5) is 0 Å². The van der Waals surface area contributed by atoms with Gasteiger partial charge in [-0.1, -0.05) is 104 Å². The fourth-order valence-electron chi connectivity index (χ4n) is 5.08. The zero-order chi connectivity index (χ0) is 29.5. The lowest BCUT2D eigenvalue weighted by atomic mass is 10.1. The molecule has 6 nitrogen and oxygen atoms in total. The summed E-state index contributed by atoms with van der Waals surface area (Å²) in [7, 11) is 0. The molecule has 0 saturated carbocycles. The molecule has 0 aliphatic rings. The minimum absolute atomic E-state index is 0.0242. The zero-order valence-electron chi connectivity index (χ0n) is 26.7. The fourth-order valence-corrected chi connectivity index (χ4v) is 5.08. The lowest BCUT2D eigenvalue weighted by Gasteiger charge is -2.19. The van der Waals surface area contributed by atoms with Crippen LogP contribution in [0.5, 0.6) is 0 Å². The Balaban J connectivity index is 3.76. The minimum Gasteiger partial charge on any atom is -0.466 e. The van der Waals surface area contributed by atoms with E-state index in [1.165, 1.54) is 32.1 Å². The molecule has 1 unspecified atom stereocenters. The molecular weight excluding hydrogens is 502 g/mol. The second kappa shape index (κ2) is 30.5. The molecule has 0 radical (unpaired) electrons. The van der Waals surface area contributed by atoms with Crippen molar-refractivity contribution in [2.45, 2.75) is 175 Å². The normalized spacial score (nSPS) is 12.0. The van der Waals surface area contributed by atoms with Crippen molar-refractivity contribution in [3.63, 3.8) is 0 Å². The molecule has 0 aromatic rings. The van der Waals surface area contributed by atoms with E-state index in [1.807, 2.05) is 0 Å². The van der Waals surface area contributed by atoms with E-state index in [2.05, 4.69) is 25.7 Å². The number of nitrogens with zero attached hydrogens (tertiary/aromatic N) is 1. The van der Waals surface area contributed by atoms with Crippen molar-refractivity contribution >= 4 is 18.2 Å². The van der Waals surface area contributed by atoms with Crippen molar-refractivity contribution in [1.29, 1.82) is 0 Å². The average Bonchev–Trinajstić information content (AvgIpc) is 2.94. The molecule has 0 bridgehead atoms. The molecule has 40 heavy (non-hydrogen) atoms. The number of esters is 2. The zero-order valence-corrected chi connectivity index (χ0v) is 26.7. The Labute approximate surface area is 247 Å². The molecule has 0 aromatic heterocycles. The van der Waals surface area contributed by atoms with Crippen molar-refractivity contribution in [3.05, 3.63) is 0 Å². The number of carbonyl (C=O) groups is 3. The van der Waals surface area contributed by atoms with Gasteiger partial charge in [-0.25, -0.2) is 0 Å². The Bertz CT molecular complexity index is 583. The number of rotatable bonds is 31. The van der Waals surface area contributed by atoms with Crippen molar-refractivity contribution in [2.24, 2.45) is 0 Å². The van der Waals surface area contributed by atoms with Crippen LogP contribution in [0.2, 0.25) is 0 Å². The third-order valence-electron chi connectivity index (χ3n) is 7.59. The predicted octanol–water partition coefficient (Wildman–Crippen LogP) is 8.97. The van der Waals surface area contributed by atoms with Gasteiger partial charge in [0.1, 0.15) is 12.4 Å². The number of hydrogen-bond acceptors (Lipinski definition) is 6. The SMILES string of the molecule is CCCCCCOC(=O)CCCCCCCN(CC=O)CCCCCCCC(=O)OC(CCC)CCCCCC. The lowest BCUT2D eigenvalue weighted by molar-refractivity contribution is -0.150. The number of ether oxygens (including phenoxy) is 2. The van der Waals surface area contributed by atoms with E-state index >= 15 is 0 Å². The average molecular weight is 568 g/mol. The van der Waals surface area contributed by atoms with Crippen molar-refractivity contribution in [3.8, 4) is 0 Å². The third-order valence-corrected chi connectivity index (χ3v) is 7.59. The first-order chi connectivity index (χ1) is 19.6. The van der Waals surface area contributed by atoms with Crippen LogP contribution in [0.15, 0.2) is 0 Å². The van der Waals surface area contributed by atoms with Gasteiger partial charge in [-0.05, 0) is 64.5 Å². The van der Waals surface area contributed by atoms with Crippen LogP contribution in [-0.2, 0) is 23.9 Å². The molecule has 0 aliphatic carbocycles. The highest BCUT2D eigenvalue weighted by atomic mass is 16.5. The van der Waals surface area contributed by atoms with Gasteiger partial charge < -0.3 is 14.3 Å². The minimum atomic E-state index is -0.0534. The number of carbonyl (C=O) groups excluding carboxylic acids is 3. The van der Waals surface area contributed by atoms with Gasteiger partial charge in [-0.3, -0.25) is 14.5 Å². The molecule has 0 fully saturated rings. The van der Waals surface area contributed by atoms with E-state index in [-0.39, 0.29) is 18.0 Å². The number of unbranched alkanes of at least 4 members (excludes halogenated alkanes) is 14. The van der Waals surface area contributed by atoms with Crippen molar-refractivity contribution in [2.75, 3.05) is 26.2 Å². The van der Waals surface area contributed by atoms with Gasteiger partial charge in [-0.15, -0.1) is 0 Å². The van der Waals surface area contributed by atoms with E-state index in [0.29, 0.717) is 26.0 Å². The predicted molar refractivity (Wildman–Crippen MR) is 167 cm³/mol. The molecule has 0 saturated heterocycles. The maximum atomic E-state index is 12.3. The van der Waals surface area contributed by atoms with E-state index in [9.17, 15) is 14.4 Å². The first-order valence-corrected chi connectivity index (χ1v) is 17.1. The summed E-state index contributed by atoms with van der Waals surface area (Å²) in [4.78, 5) is 37.4. The number of aldehydes is 1. The standard InChI is InChI=1S/C34H65NO5/c1-4-7-9-17-24-32(23-6-3)40-34(38)26-19-14-12-16-21-28-35(29-30-36)27-20-15-11-13-18-25-33(37)39-31-22-10-8-5-2/h30,32H,4-29,31H2,1-3H3. The van der Waals surface area contributed by atoms with Crippen LogP contribution in [-0.4, -0.2) is 55.5 Å². The van der Waals surface area contributed by atoms with Crippen molar-refractivity contribution < 1.29 is 23.9 Å². The molecule has 236 valence electrons. The smallest absolute Gasteiger partial charge is 0.306 e. The third kappa shape index (κ3) is 26.8. The van der Waals surface area contributed by atoms with Gasteiger partial charge in [0.25, 0.3) is 0 Å². The molecule has 0 heterocycles. The molecule has 0 N–H and O–H groups in total. The molecule has 1 atom stereocenters. The monoisotopic (exact) mass is 567 g/mol. The summed E-state index contributed by atoms with van der Waals surface area (Å²) < 4.78 is 11.1. The topological polar surface area (TPSA) is 72.9 Å². The summed E-state index contributed by atoms with van der Waals surface area (Å²) in [5.41, 5.74) is 0. The summed E-state index contributed by atoms with van der Waals surface area (Å²) in [6.07, 6.45) is 25.3. The van der Waals surface area contributed by atoms with E-state index < -0.39 is 0 Å². The van der Waals surface area contributed by atoms with Gasteiger partial charge in [0.05, 0.1) is 13.2 Å². The van der Waals surface area contributed by atoms with Gasteiger partial charge in [0, 0.05) is 12.8 Å². The molecule has 0 rings (SSSR count). The molecular formula is C34H65NO5. The van der Waals surface area contributed by atoms with Crippen molar-refractivity contribution in [1.82, 2.24) is 4.90 Å². The van der Waals surface area contributed by atoms with Gasteiger partial charge in [-0.2, -0.15) is 0 Å². The highest BCUT2D eigenvalue weighted by Gasteiger charge is 2.13. The van der Waals surface area contributed by atoms with Gasteiger partial charge >= 0.3 is 11.9 Å². The maximum Gasteiger partial charge on any atom is 0.306 e. The molecule has 0 aliphatic heterocycles. The molecule has 0 spiro atoms. The Kier molecular flexibility index (Phi) is 29.4. The molecule has 0 amide bonds. The van der Waals surface area contributed by atoms with E-state index in [1.54, 1.807) is 0 Å². The van der Waals surface area contributed by atoms with Crippen LogP contribution in [0.3, 0.4) is 0 Å². The van der Waals surface area contributed by atoms with Crippen LogP contribution < -0.4 is 0 Å². The summed E-state index contributed by atoms with van der Waals surface area (Å²) in [5.74, 6) is -0.0776. The van der Waals surface area contributed by atoms with E-state index in [4.69, 9.17) is 9.47 Å². The molecule has 6 heteroatoms.